The first-order chi connectivity index (χ1) is 11.6. The number of aliphatic hydroxyl groups excluding tert-OH is 1. The lowest BCUT2D eigenvalue weighted by Gasteiger charge is -2.17. The lowest BCUT2D eigenvalue weighted by atomic mass is 10.1. The summed E-state index contributed by atoms with van der Waals surface area (Å²) in [5, 5.41) is 12.2. The van der Waals surface area contributed by atoms with Crippen LogP contribution in [0.15, 0.2) is 41.0 Å². The monoisotopic (exact) mass is 328 g/mol. The van der Waals surface area contributed by atoms with Gasteiger partial charge in [0.15, 0.2) is 0 Å². The molecule has 0 fully saturated rings. The Morgan fingerprint density at radius 2 is 2.21 bits per heavy atom. The Morgan fingerprint density at radius 1 is 1.38 bits per heavy atom. The molecule has 2 amide bonds. The van der Waals surface area contributed by atoms with Crippen LogP contribution in [0.1, 0.15) is 41.1 Å². The lowest BCUT2D eigenvalue weighted by Crippen LogP contribution is -2.30. The summed E-state index contributed by atoms with van der Waals surface area (Å²) in [5.41, 5.74) is 2.37. The van der Waals surface area contributed by atoms with E-state index in [1.807, 2.05) is 19.1 Å². The van der Waals surface area contributed by atoms with Crippen LogP contribution in [0.5, 0.6) is 0 Å². The van der Waals surface area contributed by atoms with Crippen LogP contribution in [-0.4, -0.2) is 30.1 Å². The maximum absolute atomic E-state index is 12.4. The molecule has 1 atom stereocenters. The molecule has 0 saturated carbocycles. The molecule has 6 nitrogen and oxygen atoms in total. The Kier molecular flexibility index (Phi) is 4.66. The molecule has 0 radical (unpaired) electrons. The Morgan fingerprint density at radius 3 is 2.88 bits per heavy atom. The first-order valence-corrected chi connectivity index (χ1v) is 8.02. The summed E-state index contributed by atoms with van der Waals surface area (Å²) in [5.74, 6) is 0.310. The van der Waals surface area contributed by atoms with E-state index in [2.05, 4.69) is 5.32 Å². The van der Waals surface area contributed by atoms with Crippen LogP contribution < -0.4 is 10.2 Å². The van der Waals surface area contributed by atoms with Crippen LogP contribution >= 0.6 is 0 Å². The van der Waals surface area contributed by atoms with Crippen LogP contribution in [-0.2, 0) is 11.2 Å². The molecule has 126 valence electrons. The summed E-state index contributed by atoms with van der Waals surface area (Å²) in [6.45, 7) is 2.24. The Bertz CT molecular complexity index is 739. The molecular formula is C18H20N2O4. The summed E-state index contributed by atoms with van der Waals surface area (Å²) in [6.07, 6.45) is 2.70. The van der Waals surface area contributed by atoms with Gasteiger partial charge in [0.25, 0.3) is 5.91 Å². The third kappa shape index (κ3) is 3.05. The average Bonchev–Trinajstić information content (AvgIpc) is 3.27. The highest BCUT2D eigenvalue weighted by Gasteiger charge is 2.25. The van der Waals surface area contributed by atoms with E-state index in [0.717, 1.165) is 17.7 Å². The maximum atomic E-state index is 12.4. The predicted molar refractivity (Wildman–Crippen MR) is 88.8 cm³/mol. The van der Waals surface area contributed by atoms with E-state index < -0.39 is 6.04 Å². The fourth-order valence-corrected chi connectivity index (χ4v) is 2.93. The smallest absolute Gasteiger partial charge is 0.251 e. The van der Waals surface area contributed by atoms with Gasteiger partial charge in [0.2, 0.25) is 5.91 Å². The SMILES string of the molecule is CCC(=O)N1CCc2cc(C(=O)NC(CO)c3ccco3)ccc21. The van der Waals surface area contributed by atoms with Crippen molar-refractivity contribution in [2.45, 2.75) is 25.8 Å². The number of nitrogens with zero attached hydrogens (tertiary/aromatic N) is 1. The van der Waals surface area contributed by atoms with Gasteiger partial charge >= 0.3 is 0 Å². The van der Waals surface area contributed by atoms with E-state index in [0.29, 0.717) is 24.3 Å². The summed E-state index contributed by atoms with van der Waals surface area (Å²) in [6, 6.07) is 8.15. The third-order valence-corrected chi connectivity index (χ3v) is 4.22. The van der Waals surface area contributed by atoms with Gasteiger partial charge in [-0.3, -0.25) is 9.59 Å². The number of furan rings is 1. The van der Waals surface area contributed by atoms with Crippen LogP contribution in [0.3, 0.4) is 0 Å². The lowest BCUT2D eigenvalue weighted by molar-refractivity contribution is -0.118. The Balaban J connectivity index is 1.76. The summed E-state index contributed by atoms with van der Waals surface area (Å²) >= 11 is 0. The molecule has 1 aromatic carbocycles. The predicted octanol–water partition coefficient (Wildman–Crippen LogP) is 2.04. The van der Waals surface area contributed by atoms with Crippen molar-refractivity contribution in [3.05, 3.63) is 53.5 Å². The van der Waals surface area contributed by atoms with E-state index in [4.69, 9.17) is 4.42 Å². The maximum Gasteiger partial charge on any atom is 0.251 e. The third-order valence-electron chi connectivity index (χ3n) is 4.22. The highest BCUT2D eigenvalue weighted by molar-refractivity contribution is 5.98. The second kappa shape index (κ2) is 6.88. The highest BCUT2D eigenvalue weighted by atomic mass is 16.3. The van der Waals surface area contributed by atoms with E-state index in [9.17, 15) is 14.7 Å². The van der Waals surface area contributed by atoms with Gasteiger partial charge in [0.1, 0.15) is 11.8 Å². The van der Waals surface area contributed by atoms with Crippen molar-refractivity contribution in [1.82, 2.24) is 5.32 Å². The molecule has 1 aliphatic rings. The van der Waals surface area contributed by atoms with Gasteiger partial charge in [-0.15, -0.1) is 0 Å². The number of aliphatic hydroxyl groups is 1. The molecule has 2 heterocycles. The molecule has 1 aliphatic heterocycles. The van der Waals surface area contributed by atoms with Gasteiger partial charge < -0.3 is 19.7 Å². The fraction of sp³-hybridized carbons (Fsp3) is 0.333. The average molecular weight is 328 g/mol. The minimum atomic E-state index is -0.584. The van der Waals surface area contributed by atoms with Gasteiger partial charge in [-0.05, 0) is 42.3 Å². The van der Waals surface area contributed by atoms with Gasteiger partial charge in [0, 0.05) is 24.2 Å². The number of amides is 2. The van der Waals surface area contributed by atoms with Crippen molar-refractivity contribution in [1.29, 1.82) is 0 Å². The number of hydrogen-bond acceptors (Lipinski definition) is 4. The van der Waals surface area contributed by atoms with Crippen molar-refractivity contribution in [3.63, 3.8) is 0 Å². The molecule has 2 N–H and O–H groups in total. The normalized spacial score (nSPS) is 14.3. The topological polar surface area (TPSA) is 82.8 Å². The zero-order valence-corrected chi connectivity index (χ0v) is 13.5. The van der Waals surface area contributed by atoms with Crippen molar-refractivity contribution in [2.75, 3.05) is 18.1 Å². The Labute approximate surface area is 140 Å². The number of carbonyl (C=O) groups is 2. The van der Waals surface area contributed by atoms with Crippen LogP contribution in [0.25, 0.3) is 0 Å². The number of benzene rings is 1. The van der Waals surface area contributed by atoms with Gasteiger partial charge in [-0.2, -0.15) is 0 Å². The minimum Gasteiger partial charge on any atom is -0.467 e. The largest absolute Gasteiger partial charge is 0.467 e. The van der Waals surface area contributed by atoms with Crippen molar-refractivity contribution >= 4 is 17.5 Å². The highest BCUT2D eigenvalue weighted by Crippen LogP contribution is 2.29. The van der Waals surface area contributed by atoms with Gasteiger partial charge in [-0.25, -0.2) is 0 Å². The first-order valence-electron chi connectivity index (χ1n) is 8.02. The molecule has 0 spiro atoms. The molecule has 1 aromatic heterocycles. The van der Waals surface area contributed by atoms with Crippen LogP contribution in [0.4, 0.5) is 5.69 Å². The first kappa shape index (κ1) is 16.3. The number of nitrogens with one attached hydrogen (secondary N) is 1. The molecule has 2 aromatic rings. The quantitative estimate of drug-likeness (QED) is 0.880. The van der Waals surface area contributed by atoms with Crippen molar-refractivity contribution in [3.8, 4) is 0 Å². The van der Waals surface area contributed by atoms with Gasteiger partial charge in [-0.1, -0.05) is 6.92 Å². The summed E-state index contributed by atoms with van der Waals surface area (Å²) < 4.78 is 5.23. The van der Waals surface area contributed by atoms with Crippen LogP contribution in [0, 0.1) is 0 Å². The number of rotatable bonds is 5. The number of anilines is 1. The number of hydrogen-bond donors (Lipinski definition) is 2. The molecule has 0 saturated heterocycles. The second-order valence-corrected chi connectivity index (χ2v) is 5.72. The van der Waals surface area contributed by atoms with E-state index >= 15 is 0 Å². The molecular weight excluding hydrogens is 308 g/mol. The van der Waals surface area contributed by atoms with E-state index in [1.54, 1.807) is 23.1 Å². The Hall–Kier alpha value is -2.60. The van der Waals surface area contributed by atoms with Crippen molar-refractivity contribution in [2.24, 2.45) is 0 Å². The zero-order chi connectivity index (χ0) is 17.1. The van der Waals surface area contributed by atoms with E-state index in [-0.39, 0.29) is 18.4 Å². The molecule has 1 unspecified atom stereocenters. The molecule has 0 aliphatic carbocycles. The molecule has 3 rings (SSSR count). The van der Waals surface area contributed by atoms with Gasteiger partial charge in [0.05, 0.1) is 12.9 Å². The van der Waals surface area contributed by atoms with Crippen LogP contribution in [0.2, 0.25) is 0 Å². The summed E-state index contributed by atoms with van der Waals surface area (Å²) in [4.78, 5) is 26.1. The van der Waals surface area contributed by atoms with E-state index in [1.165, 1.54) is 6.26 Å². The molecule has 0 bridgehead atoms. The summed E-state index contributed by atoms with van der Waals surface area (Å²) in [7, 11) is 0. The van der Waals surface area contributed by atoms with Crippen molar-refractivity contribution < 1.29 is 19.1 Å². The number of fused-ring (bicyclic) bond motifs is 1. The molecule has 6 heteroatoms. The molecule has 24 heavy (non-hydrogen) atoms. The fourth-order valence-electron chi connectivity index (χ4n) is 2.93. The minimum absolute atomic E-state index is 0.0871. The zero-order valence-electron chi connectivity index (χ0n) is 13.5. The second-order valence-electron chi connectivity index (χ2n) is 5.72. The standard InChI is InChI=1S/C18H20N2O4/c1-2-17(22)20-8-7-12-10-13(5-6-15(12)20)18(23)19-14(11-21)16-4-3-9-24-16/h3-6,9-10,14,21H,2,7-8,11H2,1H3,(H,19,23). The number of carbonyl (C=O) groups excluding carboxylic acids is 2.